The van der Waals surface area contributed by atoms with Crippen molar-refractivity contribution < 1.29 is 42.1 Å². The van der Waals surface area contributed by atoms with Gasteiger partial charge in [-0.3, -0.25) is 18.6 Å². The number of ether oxygens (including phenoxy) is 2. The number of nitrogens with zero attached hydrogens (tertiary/aromatic N) is 1. The highest BCUT2D eigenvalue weighted by atomic mass is 31.2. The first-order valence-electron chi connectivity index (χ1n) is 21.7. The van der Waals surface area contributed by atoms with E-state index in [-0.39, 0.29) is 32.0 Å². The molecule has 0 heterocycles. The molecular formula is C44H83NO8P+. The summed E-state index contributed by atoms with van der Waals surface area (Å²) in [5.41, 5.74) is 0. The summed E-state index contributed by atoms with van der Waals surface area (Å²) in [7, 11) is 1.46. The van der Waals surface area contributed by atoms with E-state index < -0.39 is 26.5 Å². The lowest BCUT2D eigenvalue weighted by molar-refractivity contribution is -0.870. The second-order valence-corrected chi connectivity index (χ2v) is 17.2. The number of unbranched alkanes of at least 4 members (excludes halogenated alkanes) is 20. The first-order chi connectivity index (χ1) is 26.0. The van der Waals surface area contributed by atoms with E-state index in [1.807, 2.05) is 21.1 Å². The van der Waals surface area contributed by atoms with E-state index >= 15 is 0 Å². The molecule has 0 aromatic heterocycles. The Hall–Kier alpha value is -1.77. The van der Waals surface area contributed by atoms with E-state index in [0.717, 1.165) is 77.0 Å². The molecule has 9 nitrogen and oxygen atoms in total. The number of allylic oxidation sites excluding steroid dienone is 6. The summed E-state index contributed by atoms with van der Waals surface area (Å²) in [6.07, 6.45) is 40.4. The molecule has 0 aliphatic heterocycles. The molecule has 0 spiro atoms. The van der Waals surface area contributed by atoms with E-state index in [2.05, 4.69) is 50.3 Å². The fourth-order valence-electron chi connectivity index (χ4n) is 5.70. The number of esters is 2. The van der Waals surface area contributed by atoms with Crippen LogP contribution in [0.4, 0.5) is 0 Å². The third-order valence-electron chi connectivity index (χ3n) is 9.17. The lowest BCUT2D eigenvalue weighted by Gasteiger charge is -2.24. The molecule has 1 unspecified atom stereocenters. The SMILES string of the molecule is CCCCCC/C=C/C=C/CCCCCCCC(=O)OC[C@H](COP(=O)(O)OCC[N+](C)(C)C)OC(=O)CCCCCCC/C=C/CCCCCCCC. The third-order valence-corrected chi connectivity index (χ3v) is 10.2. The zero-order valence-corrected chi connectivity index (χ0v) is 36.3. The number of quaternary nitrogens is 1. The molecule has 0 fully saturated rings. The summed E-state index contributed by atoms with van der Waals surface area (Å²) in [4.78, 5) is 35.3. The van der Waals surface area contributed by atoms with Crippen LogP contribution in [0.5, 0.6) is 0 Å². The van der Waals surface area contributed by atoms with Gasteiger partial charge in [0, 0.05) is 12.8 Å². The van der Waals surface area contributed by atoms with Crippen molar-refractivity contribution in [3.05, 3.63) is 36.5 Å². The van der Waals surface area contributed by atoms with Gasteiger partial charge >= 0.3 is 19.8 Å². The van der Waals surface area contributed by atoms with E-state index in [1.165, 1.54) is 70.6 Å². The van der Waals surface area contributed by atoms with Gasteiger partial charge < -0.3 is 18.9 Å². The topological polar surface area (TPSA) is 108 Å². The van der Waals surface area contributed by atoms with Gasteiger partial charge in [-0.05, 0) is 64.2 Å². The van der Waals surface area contributed by atoms with Crippen LogP contribution >= 0.6 is 7.82 Å². The van der Waals surface area contributed by atoms with Crippen molar-refractivity contribution in [2.24, 2.45) is 0 Å². The smallest absolute Gasteiger partial charge is 0.462 e. The standard InChI is InChI=1S/C44H82NO8P/c1-6-8-10-12-14-16-18-20-22-24-26-28-30-32-34-36-43(46)50-40-42(41-52-54(48,49)51-39-38-45(3,4)5)53-44(47)37-35-33-31-29-27-25-23-21-19-17-15-13-11-9-7-2/h16,18,20-23,42H,6-15,17,19,24-41H2,1-5H3/p+1/b18-16+,22-20+,23-21+/t42-/m1/s1. The van der Waals surface area contributed by atoms with Gasteiger partial charge in [0.1, 0.15) is 19.8 Å². The summed E-state index contributed by atoms with van der Waals surface area (Å²) >= 11 is 0. The van der Waals surface area contributed by atoms with Crippen LogP contribution in [0, 0.1) is 0 Å². The molecule has 54 heavy (non-hydrogen) atoms. The fourth-order valence-corrected chi connectivity index (χ4v) is 6.45. The lowest BCUT2D eigenvalue weighted by Crippen LogP contribution is -2.37. The summed E-state index contributed by atoms with van der Waals surface area (Å²) in [6, 6.07) is 0. The van der Waals surface area contributed by atoms with Crippen LogP contribution in [0.3, 0.4) is 0 Å². The van der Waals surface area contributed by atoms with E-state index in [0.29, 0.717) is 17.4 Å². The Bertz CT molecular complexity index is 1020. The van der Waals surface area contributed by atoms with Crippen LogP contribution in [0.25, 0.3) is 0 Å². The lowest BCUT2D eigenvalue weighted by atomic mass is 10.1. The quantitative estimate of drug-likeness (QED) is 0.0164. The molecule has 0 saturated heterocycles. The maximum absolute atomic E-state index is 12.7. The minimum Gasteiger partial charge on any atom is -0.462 e. The number of hydrogen-bond donors (Lipinski definition) is 1. The molecule has 0 bridgehead atoms. The van der Waals surface area contributed by atoms with Crippen LogP contribution in [-0.4, -0.2) is 74.9 Å². The zero-order valence-electron chi connectivity index (χ0n) is 35.5. The average molecular weight is 785 g/mol. The second-order valence-electron chi connectivity index (χ2n) is 15.8. The number of rotatable bonds is 39. The van der Waals surface area contributed by atoms with E-state index in [4.69, 9.17) is 18.5 Å². The van der Waals surface area contributed by atoms with Crippen molar-refractivity contribution >= 4 is 19.8 Å². The Morgan fingerprint density at radius 3 is 1.50 bits per heavy atom. The van der Waals surface area contributed by atoms with Gasteiger partial charge in [0.25, 0.3) is 0 Å². The third kappa shape index (κ3) is 39.9. The number of phosphoric ester groups is 1. The Morgan fingerprint density at radius 1 is 0.574 bits per heavy atom. The van der Waals surface area contributed by atoms with Crippen molar-refractivity contribution in [3.63, 3.8) is 0 Å². The molecule has 0 saturated carbocycles. The molecule has 0 rings (SSSR count). The van der Waals surface area contributed by atoms with Gasteiger partial charge in [-0.1, -0.05) is 140 Å². The Labute approximate surface area is 331 Å². The van der Waals surface area contributed by atoms with Gasteiger partial charge in [0.05, 0.1) is 27.7 Å². The van der Waals surface area contributed by atoms with E-state index in [9.17, 15) is 19.0 Å². The average Bonchev–Trinajstić information content (AvgIpc) is 3.12. The number of carbonyl (C=O) groups excluding carboxylic acids is 2. The highest BCUT2D eigenvalue weighted by molar-refractivity contribution is 7.47. The summed E-state index contributed by atoms with van der Waals surface area (Å²) in [6.45, 7) is 4.37. The van der Waals surface area contributed by atoms with Gasteiger partial charge in [-0.2, -0.15) is 0 Å². The van der Waals surface area contributed by atoms with Crippen LogP contribution in [-0.2, 0) is 32.7 Å². The molecule has 1 N–H and O–H groups in total. The molecule has 0 aliphatic rings. The highest BCUT2D eigenvalue weighted by Crippen LogP contribution is 2.43. The van der Waals surface area contributed by atoms with E-state index in [1.54, 1.807) is 0 Å². The van der Waals surface area contributed by atoms with Gasteiger partial charge in [-0.25, -0.2) is 4.57 Å². The minimum atomic E-state index is -4.38. The largest absolute Gasteiger partial charge is 0.472 e. The van der Waals surface area contributed by atoms with Crippen molar-refractivity contribution in [3.8, 4) is 0 Å². The van der Waals surface area contributed by atoms with Crippen LogP contribution < -0.4 is 0 Å². The number of hydrogen-bond acceptors (Lipinski definition) is 7. The Balaban J connectivity index is 4.41. The highest BCUT2D eigenvalue weighted by Gasteiger charge is 2.27. The Kier molecular flexibility index (Phi) is 35.6. The molecule has 10 heteroatoms. The molecule has 0 amide bonds. The molecule has 0 aromatic carbocycles. The zero-order chi connectivity index (χ0) is 40.0. The number of carbonyl (C=O) groups is 2. The molecule has 0 aliphatic carbocycles. The molecule has 316 valence electrons. The normalized spacial score (nSPS) is 14.0. The van der Waals surface area contributed by atoms with Gasteiger partial charge in [0.15, 0.2) is 6.10 Å². The summed E-state index contributed by atoms with van der Waals surface area (Å²) in [5, 5.41) is 0. The predicted octanol–water partition coefficient (Wildman–Crippen LogP) is 12.1. The van der Waals surface area contributed by atoms with Gasteiger partial charge in [-0.15, -0.1) is 0 Å². The number of phosphoric acid groups is 1. The summed E-state index contributed by atoms with van der Waals surface area (Å²) < 4.78 is 34.3. The first kappa shape index (κ1) is 52.2. The maximum Gasteiger partial charge on any atom is 0.472 e. The predicted molar refractivity (Wildman–Crippen MR) is 224 cm³/mol. The molecule has 2 atom stereocenters. The molecular weight excluding hydrogens is 701 g/mol. The van der Waals surface area contributed by atoms with Crippen LogP contribution in [0.15, 0.2) is 36.5 Å². The Morgan fingerprint density at radius 2 is 1.00 bits per heavy atom. The van der Waals surface area contributed by atoms with Crippen molar-refractivity contribution in [1.82, 2.24) is 0 Å². The fraction of sp³-hybridized carbons (Fsp3) is 0.818. The maximum atomic E-state index is 12.7. The van der Waals surface area contributed by atoms with Crippen molar-refractivity contribution in [2.75, 3.05) is 47.5 Å². The van der Waals surface area contributed by atoms with Gasteiger partial charge in [0.2, 0.25) is 0 Å². The summed E-state index contributed by atoms with van der Waals surface area (Å²) in [5.74, 6) is -0.826. The molecule has 0 radical (unpaired) electrons. The first-order valence-corrected chi connectivity index (χ1v) is 23.2. The monoisotopic (exact) mass is 785 g/mol. The molecule has 0 aromatic rings. The second kappa shape index (κ2) is 36.8. The van der Waals surface area contributed by atoms with Crippen LogP contribution in [0.1, 0.15) is 181 Å². The number of likely N-dealkylation sites (N-methyl/N-ethyl adjacent to an activating group) is 1. The van der Waals surface area contributed by atoms with Crippen LogP contribution in [0.2, 0.25) is 0 Å². The minimum absolute atomic E-state index is 0.0273. The van der Waals surface area contributed by atoms with Crippen molar-refractivity contribution in [1.29, 1.82) is 0 Å². The van der Waals surface area contributed by atoms with Crippen molar-refractivity contribution in [2.45, 2.75) is 187 Å².